The summed E-state index contributed by atoms with van der Waals surface area (Å²) in [4.78, 5) is 73.5. The molecule has 388 valence electrons. The van der Waals surface area contributed by atoms with Gasteiger partial charge >= 0.3 is 24.0 Å². The molecule has 0 bridgehead atoms. The molecule has 17 nitrogen and oxygen atoms in total. The summed E-state index contributed by atoms with van der Waals surface area (Å²) in [6.45, 7) is 16.3. The zero-order valence-electron chi connectivity index (χ0n) is 43.4. The van der Waals surface area contributed by atoms with Gasteiger partial charge in [-0.05, 0) is 92.2 Å². The topological polar surface area (TPSA) is 184 Å². The number of fused-ring (bicyclic) bond motifs is 1. The molecule has 0 radical (unpaired) electrons. The van der Waals surface area contributed by atoms with E-state index in [0.29, 0.717) is 17.5 Å². The summed E-state index contributed by atoms with van der Waals surface area (Å²) in [6, 6.07) is 16.2. The van der Waals surface area contributed by atoms with E-state index in [2.05, 4.69) is 0 Å². The van der Waals surface area contributed by atoms with E-state index in [4.69, 9.17) is 47.4 Å². The van der Waals surface area contributed by atoms with Crippen LogP contribution >= 0.6 is 0 Å². The smallest absolute Gasteiger partial charge is 0.410 e. The molecular weight excluding hydrogens is 905 g/mol. The molecule has 6 rings (SSSR count). The van der Waals surface area contributed by atoms with Crippen molar-refractivity contribution < 1.29 is 71.3 Å². The summed E-state index contributed by atoms with van der Waals surface area (Å²) in [5, 5.41) is 0. The minimum atomic E-state index is -1.33. The normalized spacial score (nSPS) is 38.8. The monoisotopic (exact) mass is 981 g/mol. The predicted molar refractivity (Wildman–Crippen MR) is 256 cm³/mol. The first-order valence-corrected chi connectivity index (χ1v) is 24.7. The molecule has 0 aliphatic carbocycles. The molecule has 2 unspecified atom stereocenters. The molecule has 4 saturated heterocycles. The van der Waals surface area contributed by atoms with Gasteiger partial charge in [-0.1, -0.05) is 64.1 Å². The van der Waals surface area contributed by atoms with Crippen LogP contribution in [0.3, 0.4) is 0 Å². The average Bonchev–Trinajstić information content (AvgIpc) is 3.64. The van der Waals surface area contributed by atoms with E-state index in [1.54, 1.807) is 76.3 Å². The van der Waals surface area contributed by atoms with Gasteiger partial charge in [-0.25, -0.2) is 14.4 Å². The third-order valence-corrected chi connectivity index (χ3v) is 15.2. The first-order valence-electron chi connectivity index (χ1n) is 24.7. The van der Waals surface area contributed by atoms with Crippen LogP contribution < -0.4 is 0 Å². The van der Waals surface area contributed by atoms with Crippen molar-refractivity contribution in [1.29, 1.82) is 0 Å². The fraction of sp³-hybridized carbons (Fsp3) is 0.679. The molecule has 0 aromatic heterocycles. The van der Waals surface area contributed by atoms with E-state index in [-0.39, 0.29) is 37.2 Å². The van der Waals surface area contributed by atoms with Gasteiger partial charge in [0, 0.05) is 45.4 Å². The van der Waals surface area contributed by atoms with Gasteiger partial charge < -0.3 is 57.2 Å². The molecule has 1 amide bonds. The number of benzene rings is 2. The molecule has 0 N–H and O–H groups in total. The van der Waals surface area contributed by atoms with Crippen molar-refractivity contribution in [1.82, 2.24) is 9.80 Å². The molecule has 2 aromatic rings. The van der Waals surface area contributed by atoms with Crippen LogP contribution in [0.2, 0.25) is 0 Å². The van der Waals surface area contributed by atoms with Crippen molar-refractivity contribution in [3.8, 4) is 0 Å². The first-order chi connectivity index (χ1) is 33.1. The van der Waals surface area contributed by atoms with Crippen molar-refractivity contribution >= 4 is 29.8 Å². The van der Waals surface area contributed by atoms with Gasteiger partial charge in [0.1, 0.15) is 17.5 Å². The lowest BCUT2D eigenvalue weighted by molar-refractivity contribution is -0.318. The average molecular weight is 981 g/mol. The lowest BCUT2D eigenvalue weighted by Crippen LogP contribution is -2.62. The van der Waals surface area contributed by atoms with Crippen LogP contribution in [0.5, 0.6) is 0 Å². The summed E-state index contributed by atoms with van der Waals surface area (Å²) in [6.07, 6.45) is -8.81. The van der Waals surface area contributed by atoms with Crippen LogP contribution in [-0.4, -0.2) is 160 Å². The number of carbonyl (C=O) groups is 5. The van der Waals surface area contributed by atoms with Crippen molar-refractivity contribution in [2.75, 3.05) is 35.4 Å². The van der Waals surface area contributed by atoms with Crippen molar-refractivity contribution in [3.63, 3.8) is 0 Å². The third-order valence-electron chi connectivity index (χ3n) is 15.2. The second-order valence-electron chi connectivity index (χ2n) is 20.5. The zero-order chi connectivity index (χ0) is 51.4. The Labute approximate surface area is 413 Å². The number of ether oxygens (including phenoxy) is 10. The molecule has 4 fully saturated rings. The number of likely N-dealkylation sites (N-methyl/N-ethyl adjacent to an activating group) is 2. The molecule has 0 saturated carbocycles. The standard InChI is InChI=1S/C53H76N2O15/c1-15-38-44-40(55(12)51(60)68-44)31(4)41(56)29(2)27-52(8,61-13)45(70-50-43(37(54(10)11)26-30(3)63-50)67-48(58)35-22-18-16-19-23-35)32(5)42(33(6)47(57)65-38)66-39-28-53(9,62-14)46(34(7)64-39)69-49(59)36-24-20-17-21-25-36/h16-25,29-34,37-40,42-46,50H,15,26-28H2,1-14H3/t29-,30-,31-,32+,33-,34+,37+,38-,39?,40-,42+,43-,44-,45-,46+,50?,52+,53-/m1/s1. The molecule has 70 heavy (non-hydrogen) atoms. The number of methoxy groups -OCH3 is 2. The Morgan fingerprint density at radius 1 is 0.743 bits per heavy atom. The van der Waals surface area contributed by atoms with Crippen LogP contribution in [0.25, 0.3) is 0 Å². The maximum atomic E-state index is 14.8. The lowest BCUT2D eigenvalue weighted by Gasteiger charge is -2.50. The maximum absolute atomic E-state index is 14.8. The molecule has 17 heteroatoms. The SMILES string of the molecule is CC[C@H]1OC(=O)[C@H](C)[C@@H](OC2C[C@@](C)(OC)[C@@H](OC(=O)c3ccccc3)[C@H](C)O2)[C@H](C)[C@@H](OC2O[C@H](C)C[C@H](N(C)C)[C@H]2OC(=O)c2ccccc2)[C@@](C)(OC)C[C@@H](C)C(=O)[C@H](C)[C@@H]2[C@@H]1OC(=O)N2C. The second-order valence-corrected chi connectivity index (χ2v) is 20.5. The number of nitrogens with zero attached hydrogens (tertiary/aromatic N) is 2. The summed E-state index contributed by atoms with van der Waals surface area (Å²) in [5.74, 6) is -5.18. The Morgan fingerprint density at radius 3 is 1.87 bits per heavy atom. The van der Waals surface area contributed by atoms with E-state index >= 15 is 0 Å². The second kappa shape index (κ2) is 22.9. The number of rotatable bonds is 12. The zero-order valence-corrected chi connectivity index (χ0v) is 43.4. The molecule has 4 aliphatic rings. The molecular formula is C53H76N2O15. The van der Waals surface area contributed by atoms with E-state index in [1.807, 2.05) is 72.7 Å². The number of hydrogen-bond acceptors (Lipinski definition) is 16. The highest BCUT2D eigenvalue weighted by Crippen LogP contribution is 2.43. The number of Topliss-reactive ketones (excluding diaryl/α,β-unsaturated/α-hetero) is 1. The van der Waals surface area contributed by atoms with Crippen LogP contribution in [-0.2, 0) is 57.0 Å². The van der Waals surface area contributed by atoms with Gasteiger partial charge in [0.05, 0.1) is 59.1 Å². The van der Waals surface area contributed by atoms with E-state index in [1.165, 1.54) is 19.1 Å². The lowest BCUT2D eigenvalue weighted by atomic mass is 9.74. The minimum Gasteiger partial charge on any atom is -0.458 e. The highest BCUT2D eigenvalue weighted by molar-refractivity contribution is 5.90. The quantitative estimate of drug-likeness (QED) is 0.158. The van der Waals surface area contributed by atoms with Crippen molar-refractivity contribution in [3.05, 3.63) is 71.8 Å². The van der Waals surface area contributed by atoms with Crippen molar-refractivity contribution in [2.45, 2.75) is 173 Å². The van der Waals surface area contributed by atoms with E-state index in [9.17, 15) is 24.0 Å². The van der Waals surface area contributed by atoms with Gasteiger partial charge in [0.15, 0.2) is 30.9 Å². The Morgan fingerprint density at radius 2 is 1.31 bits per heavy atom. The fourth-order valence-electron chi connectivity index (χ4n) is 11.0. The number of amides is 1. The number of hydrogen-bond donors (Lipinski definition) is 0. The summed E-state index contributed by atoms with van der Waals surface area (Å²) in [5.41, 5.74) is -1.74. The first kappa shape index (κ1) is 54.8. The molecule has 0 spiro atoms. The third kappa shape index (κ3) is 11.7. The fourth-order valence-corrected chi connectivity index (χ4v) is 11.0. The van der Waals surface area contributed by atoms with Crippen molar-refractivity contribution in [2.24, 2.45) is 23.7 Å². The van der Waals surface area contributed by atoms with Gasteiger partial charge in [-0.15, -0.1) is 0 Å². The highest BCUT2D eigenvalue weighted by Gasteiger charge is 2.56. The van der Waals surface area contributed by atoms with Gasteiger partial charge in [0.2, 0.25) is 0 Å². The molecule has 2 aromatic carbocycles. The minimum absolute atomic E-state index is 0.0664. The van der Waals surface area contributed by atoms with Crippen LogP contribution in [0.15, 0.2) is 60.7 Å². The number of cyclic esters (lactones) is 1. The van der Waals surface area contributed by atoms with E-state index < -0.39 is 120 Å². The maximum Gasteiger partial charge on any atom is 0.410 e. The van der Waals surface area contributed by atoms with Gasteiger partial charge in [-0.2, -0.15) is 0 Å². The van der Waals surface area contributed by atoms with Gasteiger partial charge in [0.25, 0.3) is 0 Å². The van der Waals surface area contributed by atoms with E-state index in [0.717, 1.165) is 0 Å². The number of ketones is 1. The molecule has 4 aliphatic heterocycles. The highest BCUT2D eigenvalue weighted by atomic mass is 16.7. The molecule has 4 heterocycles. The number of carbonyl (C=O) groups excluding carboxylic acids is 5. The largest absolute Gasteiger partial charge is 0.458 e. The Kier molecular flexibility index (Phi) is 18.0. The molecule has 18 atom stereocenters. The predicted octanol–water partition coefficient (Wildman–Crippen LogP) is 6.88. The summed E-state index contributed by atoms with van der Waals surface area (Å²) >= 11 is 0. The number of esters is 3. The Hall–Kier alpha value is -4.49. The van der Waals surface area contributed by atoms with Crippen LogP contribution in [0, 0.1) is 23.7 Å². The summed E-state index contributed by atoms with van der Waals surface area (Å²) < 4.78 is 64.8. The van der Waals surface area contributed by atoms with Crippen LogP contribution in [0.1, 0.15) is 109 Å². The Balaban J connectivity index is 1.44. The summed E-state index contributed by atoms with van der Waals surface area (Å²) in [7, 11) is 8.44. The Bertz CT molecular complexity index is 2110. The van der Waals surface area contributed by atoms with Crippen LogP contribution in [0.4, 0.5) is 4.79 Å². The van der Waals surface area contributed by atoms with Gasteiger partial charge in [-0.3, -0.25) is 9.59 Å².